The summed E-state index contributed by atoms with van der Waals surface area (Å²) >= 11 is 0. The Hall–Kier alpha value is -1.87. The summed E-state index contributed by atoms with van der Waals surface area (Å²) in [5, 5.41) is 3.38. The minimum Gasteiger partial charge on any atom is -0.488 e. The van der Waals surface area contributed by atoms with Gasteiger partial charge in [-0.3, -0.25) is 0 Å². The van der Waals surface area contributed by atoms with Crippen molar-refractivity contribution in [3.63, 3.8) is 0 Å². The largest absolute Gasteiger partial charge is 0.488 e. The SMILES string of the molecule is Fc1cccc(CCNCC2Cc3ccccc3O2)c1. The van der Waals surface area contributed by atoms with Crippen LogP contribution in [0.2, 0.25) is 0 Å². The van der Waals surface area contributed by atoms with Crippen molar-refractivity contribution in [3.8, 4) is 5.75 Å². The van der Waals surface area contributed by atoms with Crippen LogP contribution in [0, 0.1) is 5.82 Å². The zero-order valence-electron chi connectivity index (χ0n) is 11.3. The van der Waals surface area contributed by atoms with E-state index in [1.807, 2.05) is 24.3 Å². The predicted molar refractivity (Wildman–Crippen MR) is 77.5 cm³/mol. The Morgan fingerprint density at radius 1 is 1.15 bits per heavy atom. The molecule has 2 aromatic carbocycles. The Balaban J connectivity index is 1.41. The number of hydrogen-bond acceptors (Lipinski definition) is 2. The molecule has 0 saturated carbocycles. The Labute approximate surface area is 118 Å². The third-order valence-corrected chi connectivity index (χ3v) is 3.57. The van der Waals surface area contributed by atoms with Gasteiger partial charge < -0.3 is 10.1 Å². The molecule has 3 heteroatoms. The molecule has 3 rings (SSSR count). The number of fused-ring (bicyclic) bond motifs is 1. The average Bonchev–Trinajstić information content (AvgIpc) is 2.86. The van der Waals surface area contributed by atoms with E-state index in [-0.39, 0.29) is 11.9 Å². The smallest absolute Gasteiger partial charge is 0.123 e. The molecule has 2 aromatic rings. The molecule has 1 N–H and O–H groups in total. The molecule has 20 heavy (non-hydrogen) atoms. The summed E-state index contributed by atoms with van der Waals surface area (Å²) in [4.78, 5) is 0. The summed E-state index contributed by atoms with van der Waals surface area (Å²) in [6.07, 6.45) is 2.00. The summed E-state index contributed by atoms with van der Waals surface area (Å²) in [6, 6.07) is 14.9. The van der Waals surface area contributed by atoms with Gasteiger partial charge in [-0.2, -0.15) is 0 Å². The van der Waals surface area contributed by atoms with Gasteiger partial charge in [0.15, 0.2) is 0 Å². The van der Waals surface area contributed by atoms with Crippen molar-refractivity contribution in [2.45, 2.75) is 18.9 Å². The molecule has 0 aromatic heterocycles. The lowest BCUT2D eigenvalue weighted by Crippen LogP contribution is -2.31. The summed E-state index contributed by atoms with van der Waals surface area (Å²) in [5.41, 5.74) is 2.30. The monoisotopic (exact) mass is 271 g/mol. The number of ether oxygens (including phenoxy) is 1. The highest BCUT2D eigenvalue weighted by atomic mass is 19.1. The fourth-order valence-corrected chi connectivity index (χ4v) is 2.56. The molecule has 0 bridgehead atoms. The first kappa shape index (κ1) is 13.1. The van der Waals surface area contributed by atoms with Gasteiger partial charge in [0.05, 0.1) is 0 Å². The molecule has 2 nitrogen and oxygen atoms in total. The minimum absolute atomic E-state index is 0.169. The molecule has 0 radical (unpaired) electrons. The van der Waals surface area contributed by atoms with E-state index in [4.69, 9.17) is 4.74 Å². The maximum absolute atomic E-state index is 13.0. The van der Waals surface area contributed by atoms with Crippen LogP contribution in [0.5, 0.6) is 5.75 Å². The molecule has 0 amide bonds. The first-order valence-corrected chi connectivity index (χ1v) is 7.01. The highest BCUT2D eigenvalue weighted by Crippen LogP contribution is 2.27. The van der Waals surface area contributed by atoms with E-state index < -0.39 is 0 Å². The van der Waals surface area contributed by atoms with E-state index in [2.05, 4.69) is 11.4 Å². The molecular formula is C17H18FNO. The van der Waals surface area contributed by atoms with Gasteiger partial charge in [0.2, 0.25) is 0 Å². The minimum atomic E-state index is -0.169. The summed E-state index contributed by atoms with van der Waals surface area (Å²) in [5.74, 6) is 0.835. The van der Waals surface area contributed by atoms with Gasteiger partial charge in [0, 0.05) is 13.0 Å². The van der Waals surface area contributed by atoms with Gasteiger partial charge in [-0.25, -0.2) is 4.39 Å². The fourth-order valence-electron chi connectivity index (χ4n) is 2.56. The zero-order valence-corrected chi connectivity index (χ0v) is 11.3. The quantitative estimate of drug-likeness (QED) is 0.844. The van der Waals surface area contributed by atoms with Crippen LogP contribution in [0.4, 0.5) is 4.39 Å². The van der Waals surface area contributed by atoms with E-state index in [1.165, 1.54) is 11.6 Å². The molecule has 1 heterocycles. The van der Waals surface area contributed by atoms with E-state index >= 15 is 0 Å². The molecule has 0 spiro atoms. The van der Waals surface area contributed by atoms with Gasteiger partial charge in [-0.1, -0.05) is 30.3 Å². The lowest BCUT2D eigenvalue weighted by atomic mass is 10.1. The Morgan fingerprint density at radius 2 is 2.05 bits per heavy atom. The van der Waals surface area contributed by atoms with Crippen LogP contribution in [-0.2, 0) is 12.8 Å². The van der Waals surface area contributed by atoms with Gasteiger partial charge in [-0.15, -0.1) is 0 Å². The van der Waals surface area contributed by atoms with Crippen LogP contribution in [-0.4, -0.2) is 19.2 Å². The highest BCUT2D eigenvalue weighted by Gasteiger charge is 2.21. The van der Waals surface area contributed by atoms with Crippen molar-refractivity contribution in [1.82, 2.24) is 5.32 Å². The van der Waals surface area contributed by atoms with Crippen molar-refractivity contribution < 1.29 is 9.13 Å². The third-order valence-electron chi connectivity index (χ3n) is 3.57. The van der Waals surface area contributed by atoms with Crippen LogP contribution in [0.25, 0.3) is 0 Å². The molecule has 1 aliphatic rings. The van der Waals surface area contributed by atoms with Crippen LogP contribution < -0.4 is 10.1 Å². The second kappa shape index (κ2) is 6.06. The molecule has 0 saturated heterocycles. The first-order valence-electron chi connectivity index (χ1n) is 7.01. The Morgan fingerprint density at radius 3 is 2.90 bits per heavy atom. The predicted octanol–water partition coefficient (Wildman–Crippen LogP) is 2.96. The lowest BCUT2D eigenvalue weighted by Gasteiger charge is -2.11. The van der Waals surface area contributed by atoms with E-state index in [0.717, 1.165) is 37.2 Å². The first-order chi connectivity index (χ1) is 9.81. The van der Waals surface area contributed by atoms with Gasteiger partial charge >= 0.3 is 0 Å². The molecule has 0 aliphatic carbocycles. The van der Waals surface area contributed by atoms with Crippen molar-refractivity contribution in [1.29, 1.82) is 0 Å². The Bertz CT molecular complexity index is 560. The number of benzene rings is 2. The number of para-hydroxylation sites is 1. The van der Waals surface area contributed by atoms with Crippen LogP contribution in [0.15, 0.2) is 48.5 Å². The second-order valence-corrected chi connectivity index (χ2v) is 5.14. The van der Waals surface area contributed by atoms with E-state index in [1.54, 1.807) is 12.1 Å². The van der Waals surface area contributed by atoms with Crippen molar-refractivity contribution in [3.05, 3.63) is 65.5 Å². The number of hydrogen-bond donors (Lipinski definition) is 1. The second-order valence-electron chi connectivity index (χ2n) is 5.14. The van der Waals surface area contributed by atoms with Gasteiger partial charge in [-0.05, 0) is 42.3 Å². The lowest BCUT2D eigenvalue weighted by molar-refractivity contribution is 0.228. The number of nitrogens with one attached hydrogen (secondary N) is 1. The molecule has 1 aliphatic heterocycles. The highest BCUT2D eigenvalue weighted by molar-refractivity contribution is 5.37. The molecule has 1 atom stereocenters. The van der Waals surface area contributed by atoms with Gasteiger partial charge in [0.1, 0.15) is 17.7 Å². The standard InChI is InChI=1S/C17H18FNO/c18-15-6-3-4-13(10-15)8-9-19-12-16-11-14-5-1-2-7-17(14)20-16/h1-7,10,16,19H,8-9,11-12H2. The summed E-state index contributed by atoms with van der Waals surface area (Å²) in [6.45, 7) is 1.66. The number of halogens is 1. The maximum Gasteiger partial charge on any atom is 0.123 e. The van der Waals surface area contributed by atoms with Gasteiger partial charge in [0.25, 0.3) is 0 Å². The molecular weight excluding hydrogens is 253 g/mol. The number of rotatable bonds is 5. The average molecular weight is 271 g/mol. The van der Waals surface area contributed by atoms with Crippen LogP contribution in [0.3, 0.4) is 0 Å². The van der Waals surface area contributed by atoms with Crippen molar-refractivity contribution in [2.75, 3.05) is 13.1 Å². The molecule has 1 unspecified atom stereocenters. The third kappa shape index (κ3) is 3.17. The van der Waals surface area contributed by atoms with E-state index in [9.17, 15) is 4.39 Å². The van der Waals surface area contributed by atoms with Crippen molar-refractivity contribution >= 4 is 0 Å². The normalized spacial score (nSPS) is 16.8. The van der Waals surface area contributed by atoms with E-state index in [0.29, 0.717) is 0 Å². The topological polar surface area (TPSA) is 21.3 Å². The molecule has 104 valence electrons. The summed E-state index contributed by atoms with van der Waals surface area (Å²) in [7, 11) is 0. The van der Waals surface area contributed by atoms with Crippen molar-refractivity contribution in [2.24, 2.45) is 0 Å². The Kier molecular flexibility index (Phi) is 3.97. The zero-order chi connectivity index (χ0) is 13.8. The van der Waals surface area contributed by atoms with Crippen LogP contribution >= 0.6 is 0 Å². The maximum atomic E-state index is 13.0. The fraction of sp³-hybridized carbons (Fsp3) is 0.294. The molecule has 0 fully saturated rings. The van der Waals surface area contributed by atoms with Crippen LogP contribution in [0.1, 0.15) is 11.1 Å². The summed E-state index contributed by atoms with van der Waals surface area (Å²) < 4.78 is 18.9.